The topological polar surface area (TPSA) is 109 Å². The molecule has 1 aromatic heterocycles. The second-order valence-electron chi connectivity index (χ2n) is 5.70. The monoisotopic (exact) mass is 343 g/mol. The summed E-state index contributed by atoms with van der Waals surface area (Å²) in [5, 5.41) is 13.4. The number of nitrogens with zero attached hydrogens (tertiary/aromatic N) is 2. The van der Waals surface area contributed by atoms with Gasteiger partial charge in [0.25, 0.3) is 0 Å². The van der Waals surface area contributed by atoms with Crippen molar-refractivity contribution in [3.05, 3.63) is 11.1 Å². The summed E-state index contributed by atoms with van der Waals surface area (Å²) in [5.41, 5.74) is -0.427. The zero-order valence-corrected chi connectivity index (χ0v) is 14.6. The van der Waals surface area contributed by atoms with Crippen molar-refractivity contribution in [1.29, 1.82) is 0 Å². The van der Waals surface area contributed by atoms with Gasteiger partial charge in [-0.3, -0.25) is 14.9 Å². The number of esters is 1. The first kappa shape index (κ1) is 18.9. The van der Waals surface area contributed by atoms with Crippen molar-refractivity contribution in [2.75, 3.05) is 26.0 Å². The quantitative estimate of drug-likeness (QED) is 0.762. The van der Waals surface area contributed by atoms with Crippen LogP contribution in [0.3, 0.4) is 0 Å². The molecule has 0 aliphatic rings. The summed E-state index contributed by atoms with van der Waals surface area (Å²) in [7, 11) is 2.80. The van der Waals surface area contributed by atoms with E-state index in [-0.39, 0.29) is 6.54 Å². The second kappa shape index (κ2) is 7.40. The molecule has 128 valence electrons. The minimum Gasteiger partial charge on any atom is -0.481 e. The summed E-state index contributed by atoms with van der Waals surface area (Å²) in [4.78, 5) is 40.1. The number of urea groups is 1. The highest BCUT2D eigenvalue weighted by molar-refractivity contribution is 7.14. The number of aliphatic carboxylic acids is 1. The molecule has 0 spiro atoms. The molecule has 0 radical (unpaired) electrons. The van der Waals surface area contributed by atoms with Crippen molar-refractivity contribution in [1.82, 2.24) is 9.88 Å². The van der Waals surface area contributed by atoms with Crippen LogP contribution in [-0.2, 0) is 19.7 Å². The molecule has 9 heteroatoms. The number of carbonyl (C=O) groups excluding carboxylic acids is 2. The minimum absolute atomic E-state index is 0.0764. The molecule has 0 aromatic carbocycles. The molecule has 1 atom stereocenters. The molecular weight excluding hydrogens is 322 g/mol. The van der Waals surface area contributed by atoms with Crippen LogP contribution < -0.4 is 5.32 Å². The Bertz CT molecular complexity index is 599. The van der Waals surface area contributed by atoms with Crippen LogP contribution in [0.5, 0.6) is 0 Å². The summed E-state index contributed by atoms with van der Waals surface area (Å²) in [6, 6.07) is -0.463. The average molecular weight is 343 g/mol. The van der Waals surface area contributed by atoms with Gasteiger partial charge < -0.3 is 14.7 Å². The molecule has 1 rings (SSSR count). The summed E-state index contributed by atoms with van der Waals surface area (Å²) >= 11 is 1.18. The summed E-state index contributed by atoms with van der Waals surface area (Å²) < 4.78 is 4.74. The Hall–Kier alpha value is -2.16. The molecule has 0 aliphatic heterocycles. The lowest BCUT2D eigenvalue weighted by atomic mass is 9.90. The van der Waals surface area contributed by atoms with Crippen LogP contribution in [0.15, 0.2) is 5.38 Å². The fourth-order valence-electron chi connectivity index (χ4n) is 1.74. The fraction of sp³-hybridized carbons (Fsp3) is 0.571. The Balaban J connectivity index is 2.74. The van der Waals surface area contributed by atoms with E-state index >= 15 is 0 Å². The van der Waals surface area contributed by atoms with E-state index in [0.29, 0.717) is 10.8 Å². The van der Waals surface area contributed by atoms with Crippen molar-refractivity contribution >= 4 is 34.4 Å². The first-order chi connectivity index (χ1) is 10.6. The molecule has 0 fully saturated rings. The highest BCUT2D eigenvalue weighted by Crippen LogP contribution is 2.28. The van der Waals surface area contributed by atoms with Crippen LogP contribution >= 0.6 is 11.3 Å². The first-order valence-corrected chi connectivity index (χ1v) is 7.77. The largest absolute Gasteiger partial charge is 0.481 e. The van der Waals surface area contributed by atoms with Gasteiger partial charge in [-0.25, -0.2) is 9.78 Å². The number of nitrogens with one attached hydrogen (secondary N) is 1. The number of methoxy groups -OCH3 is 1. The molecule has 0 saturated heterocycles. The predicted molar refractivity (Wildman–Crippen MR) is 85.6 cm³/mol. The van der Waals surface area contributed by atoms with Crippen LogP contribution in [0.25, 0.3) is 0 Å². The number of hydrogen-bond donors (Lipinski definition) is 2. The van der Waals surface area contributed by atoms with Gasteiger partial charge in [0.1, 0.15) is 5.41 Å². The maximum atomic E-state index is 12.0. The number of carboxylic acid groups (broad SMARTS) is 1. The highest BCUT2D eigenvalue weighted by Gasteiger charge is 2.33. The minimum atomic E-state index is -0.971. The number of anilines is 1. The molecule has 1 heterocycles. The zero-order valence-electron chi connectivity index (χ0n) is 13.7. The van der Waals surface area contributed by atoms with Gasteiger partial charge in [-0.05, 0) is 13.8 Å². The number of carboxylic acids is 1. The van der Waals surface area contributed by atoms with Gasteiger partial charge in [-0.1, -0.05) is 6.92 Å². The maximum Gasteiger partial charge on any atom is 0.323 e. The van der Waals surface area contributed by atoms with Gasteiger partial charge in [0, 0.05) is 19.0 Å². The van der Waals surface area contributed by atoms with Crippen molar-refractivity contribution in [3.63, 3.8) is 0 Å². The molecule has 2 N–H and O–H groups in total. The van der Waals surface area contributed by atoms with Gasteiger partial charge in [-0.2, -0.15) is 0 Å². The Morgan fingerprint density at radius 1 is 1.48 bits per heavy atom. The molecule has 8 nitrogen and oxygen atoms in total. The van der Waals surface area contributed by atoms with Crippen LogP contribution in [0.4, 0.5) is 9.93 Å². The number of aromatic nitrogens is 1. The molecule has 1 aromatic rings. The molecule has 0 saturated carbocycles. The van der Waals surface area contributed by atoms with Crippen molar-refractivity contribution in [2.45, 2.75) is 26.2 Å². The molecule has 23 heavy (non-hydrogen) atoms. The van der Waals surface area contributed by atoms with E-state index in [4.69, 9.17) is 9.84 Å². The zero-order chi connectivity index (χ0) is 17.8. The lowest BCUT2D eigenvalue weighted by Crippen LogP contribution is -2.36. The van der Waals surface area contributed by atoms with E-state index < -0.39 is 29.3 Å². The normalized spacial score (nSPS) is 12.4. The molecule has 0 bridgehead atoms. The van der Waals surface area contributed by atoms with E-state index in [1.165, 1.54) is 37.3 Å². The van der Waals surface area contributed by atoms with E-state index in [1.54, 1.807) is 19.2 Å². The van der Waals surface area contributed by atoms with Crippen LogP contribution in [0.2, 0.25) is 0 Å². The Kier molecular flexibility index (Phi) is 6.08. The van der Waals surface area contributed by atoms with Gasteiger partial charge >= 0.3 is 18.0 Å². The summed E-state index contributed by atoms with van der Waals surface area (Å²) in [6.45, 7) is 4.96. The number of carbonyl (C=O) groups is 3. The maximum absolute atomic E-state index is 12.0. The highest BCUT2D eigenvalue weighted by atomic mass is 32.1. The Morgan fingerprint density at radius 3 is 2.61 bits per heavy atom. The third-order valence-electron chi connectivity index (χ3n) is 3.37. The number of rotatable bonds is 6. The fourth-order valence-corrected chi connectivity index (χ4v) is 2.60. The number of ether oxygens (including phenoxy) is 1. The lowest BCUT2D eigenvalue weighted by molar-refractivity contribution is -0.146. The standard InChI is InChI=1S/C14H21N3O5S/c1-8(10(18)19)6-17(4)13(21)16-12-15-9(7-23-12)14(2,3)11(20)22-5/h7-8H,6H2,1-5H3,(H,18,19)(H,15,16,21). The van der Waals surface area contributed by atoms with Gasteiger partial charge in [0.05, 0.1) is 18.7 Å². The van der Waals surface area contributed by atoms with Crippen molar-refractivity contribution in [3.8, 4) is 0 Å². The predicted octanol–water partition coefficient (Wildman–Crippen LogP) is 1.78. The van der Waals surface area contributed by atoms with Crippen LogP contribution in [0, 0.1) is 5.92 Å². The molecule has 1 unspecified atom stereocenters. The number of hydrogen-bond acceptors (Lipinski definition) is 6. The van der Waals surface area contributed by atoms with Crippen LogP contribution in [-0.4, -0.2) is 53.7 Å². The third kappa shape index (κ3) is 4.65. The molecule has 0 aliphatic carbocycles. The Labute approximate surface area is 138 Å². The van der Waals surface area contributed by atoms with Gasteiger partial charge in [0.15, 0.2) is 5.13 Å². The van der Waals surface area contributed by atoms with E-state index in [9.17, 15) is 14.4 Å². The van der Waals surface area contributed by atoms with E-state index in [0.717, 1.165) is 0 Å². The average Bonchev–Trinajstić information content (AvgIpc) is 2.95. The van der Waals surface area contributed by atoms with E-state index in [1.807, 2.05) is 0 Å². The number of thiazole rings is 1. The smallest absolute Gasteiger partial charge is 0.323 e. The van der Waals surface area contributed by atoms with Gasteiger partial charge in [-0.15, -0.1) is 11.3 Å². The number of amides is 2. The first-order valence-electron chi connectivity index (χ1n) is 6.89. The molecular formula is C14H21N3O5S. The SMILES string of the molecule is COC(=O)C(C)(C)c1csc(NC(=O)N(C)CC(C)C(=O)O)n1. The van der Waals surface area contributed by atoms with Crippen LogP contribution in [0.1, 0.15) is 26.5 Å². The second-order valence-corrected chi connectivity index (χ2v) is 6.56. The molecule has 2 amide bonds. The van der Waals surface area contributed by atoms with E-state index in [2.05, 4.69) is 10.3 Å². The third-order valence-corrected chi connectivity index (χ3v) is 4.13. The lowest BCUT2D eigenvalue weighted by Gasteiger charge is -2.20. The Morgan fingerprint density at radius 2 is 2.09 bits per heavy atom. The van der Waals surface area contributed by atoms with Crippen molar-refractivity contribution < 1.29 is 24.2 Å². The summed E-state index contributed by atoms with van der Waals surface area (Å²) in [6.07, 6.45) is 0. The van der Waals surface area contributed by atoms with Crippen molar-refractivity contribution in [2.24, 2.45) is 5.92 Å². The summed E-state index contributed by atoms with van der Waals surface area (Å²) in [5.74, 6) is -2.06. The van der Waals surface area contributed by atoms with Gasteiger partial charge in [0.2, 0.25) is 0 Å².